The van der Waals surface area contributed by atoms with Crippen LogP contribution in [0.4, 0.5) is 5.69 Å². The van der Waals surface area contributed by atoms with Gasteiger partial charge in [0.05, 0.1) is 0 Å². The molecule has 0 fully saturated rings. The van der Waals surface area contributed by atoms with Crippen molar-refractivity contribution in [2.75, 3.05) is 11.9 Å². The fraction of sp³-hybridized carbons (Fsp3) is 0.455. The predicted octanol–water partition coefficient (Wildman–Crippen LogP) is 1.76. The molecule has 0 bridgehead atoms. The van der Waals surface area contributed by atoms with E-state index < -0.39 is 0 Å². The first-order chi connectivity index (χ1) is 6.17. The standard InChI is InChI=1S/C11H16N2/c1-11(12)7-6-9-4-2-3-5-10(9)13-8-11/h2-5,13H,6-8,12H2,1H3. The Morgan fingerprint density at radius 1 is 1.38 bits per heavy atom. The molecule has 2 nitrogen and oxygen atoms in total. The van der Waals surface area contributed by atoms with Crippen molar-refractivity contribution in [2.45, 2.75) is 25.3 Å². The molecule has 1 aromatic carbocycles. The van der Waals surface area contributed by atoms with Crippen LogP contribution in [0.25, 0.3) is 0 Å². The molecule has 0 aromatic heterocycles. The lowest BCUT2D eigenvalue weighted by Crippen LogP contribution is -2.42. The number of nitrogens with one attached hydrogen (secondary N) is 1. The van der Waals surface area contributed by atoms with Crippen LogP contribution in [0.3, 0.4) is 0 Å². The molecule has 0 radical (unpaired) electrons. The molecule has 13 heavy (non-hydrogen) atoms. The predicted molar refractivity (Wildman–Crippen MR) is 55.8 cm³/mol. The van der Waals surface area contributed by atoms with E-state index >= 15 is 0 Å². The molecule has 0 saturated heterocycles. The Bertz CT molecular complexity index is 276. The summed E-state index contributed by atoms with van der Waals surface area (Å²) in [6, 6.07) is 8.44. The van der Waals surface area contributed by atoms with Gasteiger partial charge in [-0.2, -0.15) is 0 Å². The second-order valence-corrected chi connectivity index (χ2v) is 4.16. The lowest BCUT2D eigenvalue weighted by Gasteiger charge is -2.21. The van der Waals surface area contributed by atoms with Crippen molar-refractivity contribution in [3.63, 3.8) is 0 Å². The summed E-state index contributed by atoms with van der Waals surface area (Å²) in [5.41, 5.74) is 8.66. The van der Waals surface area contributed by atoms with Crippen molar-refractivity contribution in [3.05, 3.63) is 29.8 Å². The van der Waals surface area contributed by atoms with E-state index in [0.717, 1.165) is 19.4 Å². The number of benzene rings is 1. The van der Waals surface area contributed by atoms with Gasteiger partial charge in [-0.05, 0) is 31.4 Å². The number of hydrogen-bond donors (Lipinski definition) is 2. The third-order valence-corrected chi connectivity index (χ3v) is 2.67. The molecule has 1 atom stereocenters. The first-order valence-electron chi connectivity index (χ1n) is 4.78. The van der Waals surface area contributed by atoms with Gasteiger partial charge in [-0.3, -0.25) is 0 Å². The molecule has 70 valence electrons. The average molecular weight is 176 g/mol. The monoisotopic (exact) mass is 176 g/mol. The number of anilines is 1. The van der Waals surface area contributed by atoms with E-state index in [1.807, 2.05) is 0 Å². The molecule has 0 saturated carbocycles. The van der Waals surface area contributed by atoms with E-state index in [2.05, 4.69) is 36.5 Å². The molecule has 1 aromatic rings. The van der Waals surface area contributed by atoms with Gasteiger partial charge >= 0.3 is 0 Å². The SMILES string of the molecule is CC1(N)CCc2ccccc2NC1. The second-order valence-electron chi connectivity index (χ2n) is 4.16. The largest absolute Gasteiger partial charge is 0.383 e. The topological polar surface area (TPSA) is 38.0 Å². The van der Waals surface area contributed by atoms with Crippen LogP contribution in [0.5, 0.6) is 0 Å². The molecule has 0 aliphatic carbocycles. The fourth-order valence-electron chi connectivity index (χ4n) is 1.72. The number of hydrogen-bond acceptors (Lipinski definition) is 2. The van der Waals surface area contributed by atoms with Crippen molar-refractivity contribution in [1.29, 1.82) is 0 Å². The summed E-state index contributed by atoms with van der Waals surface area (Å²) in [4.78, 5) is 0. The zero-order chi connectivity index (χ0) is 9.31. The van der Waals surface area contributed by atoms with Gasteiger partial charge in [0.15, 0.2) is 0 Å². The Labute approximate surface area is 79.1 Å². The van der Waals surface area contributed by atoms with E-state index in [9.17, 15) is 0 Å². The Hall–Kier alpha value is -1.02. The van der Waals surface area contributed by atoms with Crippen LogP contribution in [0, 0.1) is 0 Å². The third-order valence-electron chi connectivity index (χ3n) is 2.67. The molecule has 2 heteroatoms. The molecule has 3 N–H and O–H groups in total. The average Bonchev–Trinajstić information content (AvgIpc) is 2.27. The van der Waals surface area contributed by atoms with E-state index in [1.165, 1.54) is 11.3 Å². The van der Waals surface area contributed by atoms with E-state index in [1.54, 1.807) is 0 Å². The van der Waals surface area contributed by atoms with Crippen LogP contribution in [-0.2, 0) is 6.42 Å². The molecule has 1 aliphatic rings. The molecule has 1 unspecified atom stereocenters. The zero-order valence-electron chi connectivity index (χ0n) is 8.01. The highest BCUT2D eigenvalue weighted by molar-refractivity contribution is 5.52. The molecule has 1 heterocycles. The lowest BCUT2D eigenvalue weighted by atomic mass is 9.96. The van der Waals surface area contributed by atoms with Gasteiger partial charge in [0.25, 0.3) is 0 Å². The van der Waals surface area contributed by atoms with Crippen LogP contribution < -0.4 is 11.1 Å². The summed E-state index contributed by atoms with van der Waals surface area (Å²) in [6.07, 6.45) is 2.13. The Kier molecular flexibility index (Phi) is 2.00. The maximum Gasteiger partial charge on any atom is 0.0373 e. The van der Waals surface area contributed by atoms with Gasteiger partial charge in [-0.15, -0.1) is 0 Å². The van der Waals surface area contributed by atoms with Crippen molar-refractivity contribution in [1.82, 2.24) is 0 Å². The number of para-hydroxylation sites is 1. The Morgan fingerprint density at radius 3 is 3.00 bits per heavy atom. The van der Waals surface area contributed by atoms with Crippen molar-refractivity contribution < 1.29 is 0 Å². The van der Waals surface area contributed by atoms with Gasteiger partial charge in [-0.25, -0.2) is 0 Å². The summed E-state index contributed by atoms with van der Waals surface area (Å²) < 4.78 is 0. The number of fused-ring (bicyclic) bond motifs is 1. The Balaban J connectivity index is 2.27. The quantitative estimate of drug-likeness (QED) is 0.632. The highest BCUT2D eigenvalue weighted by Crippen LogP contribution is 2.23. The minimum absolute atomic E-state index is 0.0704. The second kappa shape index (κ2) is 3.04. The van der Waals surface area contributed by atoms with Crippen LogP contribution in [-0.4, -0.2) is 12.1 Å². The first-order valence-corrected chi connectivity index (χ1v) is 4.78. The van der Waals surface area contributed by atoms with E-state index in [0.29, 0.717) is 0 Å². The summed E-state index contributed by atoms with van der Waals surface area (Å²) in [6.45, 7) is 2.97. The molecule has 0 amide bonds. The van der Waals surface area contributed by atoms with Crippen LogP contribution >= 0.6 is 0 Å². The van der Waals surface area contributed by atoms with E-state index in [-0.39, 0.29) is 5.54 Å². The fourth-order valence-corrected chi connectivity index (χ4v) is 1.72. The smallest absolute Gasteiger partial charge is 0.0373 e. The lowest BCUT2D eigenvalue weighted by molar-refractivity contribution is 0.463. The molecule has 2 rings (SSSR count). The normalized spacial score (nSPS) is 27.2. The summed E-state index contributed by atoms with van der Waals surface area (Å²) >= 11 is 0. The van der Waals surface area contributed by atoms with Crippen LogP contribution in [0.15, 0.2) is 24.3 Å². The molecule has 0 spiro atoms. The van der Waals surface area contributed by atoms with Gasteiger partial charge < -0.3 is 11.1 Å². The number of nitrogens with two attached hydrogens (primary N) is 1. The molecular weight excluding hydrogens is 160 g/mol. The third kappa shape index (κ3) is 1.83. The van der Waals surface area contributed by atoms with Crippen molar-refractivity contribution >= 4 is 5.69 Å². The van der Waals surface area contributed by atoms with Crippen LogP contribution in [0.2, 0.25) is 0 Å². The highest BCUT2D eigenvalue weighted by atomic mass is 14.9. The van der Waals surface area contributed by atoms with E-state index in [4.69, 9.17) is 5.73 Å². The number of aryl methyl sites for hydroxylation is 1. The maximum atomic E-state index is 6.09. The van der Waals surface area contributed by atoms with Gasteiger partial charge in [0.1, 0.15) is 0 Å². The van der Waals surface area contributed by atoms with Crippen molar-refractivity contribution in [3.8, 4) is 0 Å². The first kappa shape index (κ1) is 8.57. The minimum Gasteiger partial charge on any atom is -0.383 e. The molecular formula is C11H16N2. The summed E-state index contributed by atoms with van der Waals surface area (Å²) in [5.74, 6) is 0. The Morgan fingerprint density at radius 2 is 2.15 bits per heavy atom. The van der Waals surface area contributed by atoms with Crippen molar-refractivity contribution in [2.24, 2.45) is 5.73 Å². The minimum atomic E-state index is -0.0704. The van der Waals surface area contributed by atoms with Gasteiger partial charge in [0, 0.05) is 17.8 Å². The van der Waals surface area contributed by atoms with Crippen LogP contribution in [0.1, 0.15) is 18.9 Å². The highest BCUT2D eigenvalue weighted by Gasteiger charge is 2.21. The summed E-state index contributed by atoms with van der Waals surface area (Å²) in [7, 11) is 0. The van der Waals surface area contributed by atoms with Gasteiger partial charge in [-0.1, -0.05) is 18.2 Å². The zero-order valence-corrected chi connectivity index (χ0v) is 8.01. The maximum absolute atomic E-state index is 6.09. The molecule has 1 aliphatic heterocycles. The number of rotatable bonds is 0. The van der Waals surface area contributed by atoms with Gasteiger partial charge in [0.2, 0.25) is 0 Å². The summed E-state index contributed by atoms with van der Waals surface area (Å²) in [5, 5.41) is 3.39.